The summed E-state index contributed by atoms with van der Waals surface area (Å²) in [7, 11) is 0. The first-order valence-corrected chi connectivity index (χ1v) is 10.6. The Hall–Kier alpha value is -3.44. The third kappa shape index (κ3) is 3.30. The van der Waals surface area contributed by atoms with Crippen molar-refractivity contribution in [3.63, 3.8) is 0 Å². The maximum absolute atomic E-state index is 13.6. The van der Waals surface area contributed by atoms with Crippen molar-refractivity contribution < 1.29 is 13.6 Å². The fraction of sp³-hybridized carbons (Fsp3) is 0.154. The van der Waals surface area contributed by atoms with Crippen molar-refractivity contribution in [1.82, 2.24) is 4.90 Å². The van der Waals surface area contributed by atoms with Crippen LogP contribution in [-0.2, 0) is 6.54 Å². The molecule has 0 aliphatic carbocycles. The molecule has 6 heteroatoms. The van der Waals surface area contributed by atoms with E-state index in [9.17, 15) is 14.0 Å². The lowest BCUT2D eigenvalue weighted by Crippen LogP contribution is -2.29. The van der Waals surface area contributed by atoms with Gasteiger partial charge in [0.1, 0.15) is 11.4 Å². The Labute approximate surface area is 188 Å². The zero-order chi connectivity index (χ0) is 22.6. The predicted molar refractivity (Wildman–Crippen MR) is 122 cm³/mol. The zero-order valence-electron chi connectivity index (χ0n) is 17.5. The van der Waals surface area contributed by atoms with Gasteiger partial charge in [-0.1, -0.05) is 35.9 Å². The number of rotatable bonds is 3. The first-order valence-electron chi connectivity index (χ1n) is 10.2. The number of carbonyl (C=O) groups excluding carboxylic acids is 1. The van der Waals surface area contributed by atoms with Crippen molar-refractivity contribution in [2.45, 2.75) is 26.4 Å². The van der Waals surface area contributed by atoms with Gasteiger partial charge in [-0.15, -0.1) is 0 Å². The first-order chi connectivity index (χ1) is 15.3. The van der Waals surface area contributed by atoms with Gasteiger partial charge in [0.05, 0.1) is 17.0 Å². The van der Waals surface area contributed by atoms with E-state index in [1.165, 1.54) is 12.1 Å². The molecule has 3 aromatic carbocycles. The molecule has 0 N–H and O–H groups in total. The Morgan fingerprint density at radius 1 is 0.969 bits per heavy atom. The SMILES string of the molecule is Cc1cc2oc3c(c(=O)c2cc1C)C(c1ccc(Cl)cc1)N(Cc1ccc(F)cc1)C3=O. The van der Waals surface area contributed by atoms with Crippen LogP contribution in [0.25, 0.3) is 11.0 Å². The normalized spacial score (nSPS) is 15.4. The third-order valence-electron chi connectivity index (χ3n) is 6.03. The van der Waals surface area contributed by atoms with Crippen molar-refractivity contribution in [3.8, 4) is 0 Å². The molecule has 0 fully saturated rings. The molecule has 32 heavy (non-hydrogen) atoms. The third-order valence-corrected chi connectivity index (χ3v) is 6.29. The molecule has 0 saturated carbocycles. The van der Waals surface area contributed by atoms with E-state index in [2.05, 4.69) is 0 Å². The van der Waals surface area contributed by atoms with Gasteiger partial charge < -0.3 is 9.32 Å². The Morgan fingerprint density at radius 3 is 2.31 bits per heavy atom. The molecule has 160 valence electrons. The van der Waals surface area contributed by atoms with Gasteiger partial charge in [-0.3, -0.25) is 9.59 Å². The highest BCUT2D eigenvalue weighted by atomic mass is 35.5. The number of benzene rings is 3. The summed E-state index contributed by atoms with van der Waals surface area (Å²) >= 11 is 6.07. The van der Waals surface area contributed by atoms with Crippen LogP contribution in [0.4, 0.5) is 4.39 Å². The van der Waals surface area contributed by atoms with Gasteiger partial charge >= 0.3 is 0 Å². The van der Waals surface area contributed by atoms with E-state index in [-0.39, 0.29) is 29.5 Å². The van der Waals surface area contributed by atoms with Crippen LogP contribution in [0, 0.1) is 19.7 Å². The van der Waals surface area contributed by atoms with Crippen molar-refractivity contribution in [3.05, 3.63) is 115 Å². The second kappa shape index (κ2) is 7.61. The van der Waals surface area contributed by atoms with Crippen molar-refractivity contribution in [2.75, 3.05) is 0 Å². The van der Waals surface area contributed by atoms with E-state index >= 15 is 0 Å². The molecule has 1 unspecified atom stereocenters. The molecule has 5 rings (SSSR count). The minimum absolute atomic E-state index is 0.0489. The van der Waals surface area contributed by atoms with Crippen LogP contribution >= 0.6 is 11.6 Å². The van der Waals surface area contributed by atoms with Crippen molar-refractivity contribution in [1.29, 1.82) is 0 Å². The van der Waals surface area contributed by atoms with Crippen LogP contribution in [-0.4, -0.2) is 10.8 Å². The largest absolute Gasteiger partial charge is 0.450 e. The van der Waals surface area contributed by atoms with E-state index < -0.39 is 6.04 Å². The Bertz CT molecular complexity index is 1430. The first kappa shape index (κ1) is 20.5. The summed E-state index contributed by atoms with van der Waals surface area (Å²) in [5, 5.41) is 1.00. The van der Waals surface area contributed by atoms with E-state index in [1.54, 1.807) is 47.4 Å². The molecule has 1 aliphatic heterocycles. The van der Waals surface area contributed by atoms with Gasteiger partial charge in [-0.2, -0.15) is 0 Å². The lowest BCUT2D eigenvalue weighted by Gasteiger charge is -2.25. The number of aryl methyl sites for hydroxylation is 2. The lowest BCUT2D eigenvalue weighted by atomic mass is 9.97. The molecule has 2 heterocycles. The number of carbonyl (C=O) groups is 1. The van der Waals surface area contributed by atoms with Crippen LogP contribution in [0.5, 0.6) is 0 Å². The number of halogens is 2. The standard InChI is InChI=1S/C26H19ClFNO3/c1-14-11-20-21(12-15(14)2)32-25-22(24(20)30)23(17-5-7-18(27)8-6-17)29(26(25)31)13-16-3-9-19(28)10-4-16/h3-12,23H,13H2,1-2H3. The molecule has 1 amide bonds. The molecule has 0 spiro atoms. The maximum Gasteiger partial charge on any atom is 0.291 e. The van der Waals surface area contributed by atoms with Gasteiger partial charge in [0.15, 0.2) is 5.43 Å². The number of amides is 1. The molecule has 0 bridgehead atoms. The highest BCUT2D eigenvalue weighted by molar-refractivity contribution is 6.30. The average molecular weight is 448 g/mol. The summed E-state index contributed by atoms with van der Waals surface area (Å²) in [4.78, 5) is 28.7. The van der Waals surface area contributed by atoms with Crippen molar-refractivity contribution >= 4 is 28.5 Å². The molecule has 1 aromatic heterocycles. The highest BCUT2D eigenvalue weighted by Crippen LogP contribution is 2.39. The molecule has 0 radical (unpaired) electrons. The molecular formula is C26H19ClFNO3. The van der Waals surface area contributed by atoms with Crippen molar-refractivity contribution in [2.24, 2.45) is 0 Å². The average Bonchev–Trinajstić information content (AvgIpc) is 3.04. The summed E-state index contributed by atoms with van der Waals surface area (Å²) < 4.78 is 19.4. The molecular weight excluding hydrogens is 429 g/mol. The smallest absolute Gasteiger partial charge is 0.291 e. The van der Waals surface area contributed by atoms with E-state index in [0.29, 0.717) is 21.6 Å². The quantitative estimate of drug-likeness (QED) is 0.390. The summed E-state index contributed by atoms with van der Waals surface area (Å²) in [5.74, 6) is -0.679. The number of hydrogen-bond donors (Lipinski definition) is 0. The van der Waals surface area contributed by atoms with Gasteiger partial charge in [-0.25, -0.2) is 4.39 Å². The zero-order valence-corrected chi connectivity index (χ0v) is 18.2. The molecule has 1 aliphatic rings. The topological polar surface area (TPSA) is 50.5 Å². The molecule has 4 aromatic rings. The van der Waals surface area contributed by atoms with Gasteiger partial charge in [0.2, 0.25) is 5.76 Å². The van der Waals surface area contributed by atoms with Gasteiger partial charge in [0.25, 0.3) is 5.91 Å². The Kier molecular flexibility index (Phi) is 4.86. The number of fused-ring (bicyclic) bond motifs is 2. The predicted octanol–water partition coefficient (Wildman–Crippen LogP) is 5.95. The minimum atomic E-state index is -0.637. The van der Waals surface area contributed by atoms with E-state index in [0.717, 1.165) is 22.3 Å². The maximum atomic E-state index is 13.6. The van der Waals surface area contributed by atoms with Gasteiger partial charge in [-0.05, 0) is 72.5 Å². The summed E-state index contributed by atoms with van der Waals surface area (Å²) in [6.07, 6.45) is 0. The van der Waals surface area contributed by atoms with E-state index in [1.807, 2.05) is 19.9 Å². The lowest BCUT2D eigenvalue weighted by molar-refractivity contribution is 0.0714. The van der Waals surface area contributed by atoms with Gasteiger partial charge in [0, 0.05) is 11.6 Å². The Balaban J connectivity index is 1.73. The van der Waals surface area contributed by atoms with Crippen LogP contribution in [0.15, 0.2) is 69.9 Å². The number of nitrogens with zero attached hydrogens (tertiary/aromatic N) is 1. The molecule has 1 atom stereocenters. The second-order valence-electron chi connectivity index (χ2n) is 8.12. The summed E-state index contributed by atoms with van der Waals surface area (Å²) in [5.41, 5.74) is 3.93. The van der Waals surface area contributed by atoms with E-state index in [4.69, 9.17) is 16.0 Å². The minimum Gasteiger partial charge on any atom is -0.450 e. The molecule has 0 saturated heterocycles. The molecule has 4 nitrogen and oxygen atoms in total. The van der Waals surface area contributed by atoms with Crippen LogP contribution in [0.1, 0.15) is 44.4 Å². The number of hydrogen-bond acceptors (Lipinski definition) is 3. The van der Waals surface area contributed by atoms with Crippen LogP contribution < -0.4 is 5.43 Å². The van der Waals surface area contributed by atoms with Crippen LogP contribution in [0.3, 0.4) is 0 Å². The fourth-order valence-electron chi connectivity index (χ4n) is 4.22. The highest BCUT2D eigenvalue weighted by Gasteiger charge is 2.42. The summed E-state index contributed by atoms with van der Waals surface area (Å²) in [6.45, 7) is 4.07. The summed E-state index contributed by atoms with van der Waals surface area (Å²) in [6, 6.07) is 16.0. The van der Waals surface area contributed by atoms with Crippen LogP contribution in [0.2, 0.25) is 5.02 Å². The second-order valence-corrected chi connectivity index (χ2v) is 8.56. The monoisotopic (exact) mass is 447 g/mol. The Morgan fingerprint density at radius 2 is 1.62 bits per heavy atom. The fourth-order valence-corrected chi connectivity index (χ4v) is 4.34.